The summed E-state index contributed by atoms with van der Waals surface area (Å²) in [4.78, 5) is 26.4. The van der Waals surface area contributed by atoms with Crippen LogP contribution in [0.25, 0.3) is 0 Å². The molecule has 156 valence electrons. The van der Waals surface area contributed by atoms with Crippen molar-refractivity contribution in [1.29, 1.82) is 0 Å². The Labute approximate surface area is 165 Å². The van der Waals surface area contributed by atoms with Gasteiger partial charge in [0.1, 0.15) is 17.2 Å². The van der Waals surface area contributed by atoms with Crippen LogP contribution in [-0.2, 0) is 16.0 Å². The molecule has 1 saturated heterocycles. The smallest absolute Gasteiger partial charge is 0.407 e. The minimum absolute atomic E-state index is 0.104. The van der Waals surface area contributed by atoms with Crippen molar-refractivity contribution in [2.75, 3.05) is 13.1 Å². The standard InChI is InChI=1S/C21H30F2N2O3/c1-20(2,3)28-19(27)24-17-10-11-25(13-21(17,4)5)18(26)9-6-14-12-15(22)7-8-16(14)23/h7-8,12,17H,6,9-11,13H2,1-5H3,(H,24,27)/t17-/m1/s1. The molecule has 2 rings (SSSR count). The first-order chi connectivity index (χ1) is 12.9. The van der Waals surface area contributed by atoms with Crippen LogP contribution in [0.15, 0.2) is 18.2 Å². The molecule has 28 heavy (non-hydrogen) atoms. The highest BCUT2D eigenvalue weighted by atomic mass is 19.1. The molecule has 1 heterocycles. The van der Waals surface area contributed by atoms with Gasteiger partial charge >= 0.3 is 6.09 Å². The molecule has 1 aromatic carbocycles. The van der Waals surface area contributed by atoms with Crippen LogP contribution in [0.5, 0.6) is 0 Å². The summed E-state index contributed by atoms with van der Waals surface area (Å²) in [6.07, 6.45) is 0.401. The van der Waals surface area contributed by atoms with Crippen LogP contribution in [0.3, 0.4) is 0 Å². The Morgan fingerprint density at radius 2 is 1.96 bits per heavy atom. The maximum Gasteiger partial charge on any atom is 0.407 e. The zero-order valence-electron chi connectivity index (χ0n) is 17.3. The largest absolute Gasteiger partial charge is 0.444 e. The lowest BCUT2D eigenvalue weighted by molar-refractivity contribution is -0.134. The van der Waals surface area contributed by atoms with Gasteiger partial charge in [0, 0.05) is 31.0 Å². The summed E-state index contributed by atoms with van der Waals surface area (Å²) in [5.74, 6) is -1.12. The van der Waals surface area contributed by atoms with Gasteiger partial charge in [-0.1, -0.05) is 13.8 Å². The minimum Gasteiger partial charge on any atom is -0.444 e. The van der Waals surface area contributed by atoms with E-state index in [0.29, 0.717) is 19.5 Å². The molecule has 1 atom stereocenters. The first kappa shape index (κ1) is 22.1. The summed E-state index contributed by atoms with van der Waals surface area (Å²) in [6.45, 7) is 10.4. The number of amides is 2. The van der Waals surface area contributed by atoms with E-state index in [1.807, 2.05) is 13.8 Å². The third-order valence-corrected chi connectivity index (χ3v) is 4.89. The molecule has 1 N–H and O–H groups in total. The Balaban J connectivity index is 1.91. The zero-order valence-corrected chi connectivity index (χ0v) is 17.3. The van der Waals surface area contributed by atoms with Crippen LogP contribution in [0.4, 0.5) is 13.6 Å². The fraction of sp³-hybridized carbons (Fsp3) is 0.619. The van der Waals surface area contributed by atoms with Crippen molar-refractivity contribution in [3.63, 3.8) is 0 Å². The topological polar surface area (TPSA) is 58.6 Å². The first-order valence-corrected chi connectivity index (χ1v) is 9.58. The molecular formula is C21H30F2N2O3. The van der Waals surface area contributed by atoms with E-state index in [4.69, 9.17) is 4.74 Å². The normalized spacial score (nSPS) is 19.2. The lowest BCUT2D eigenvalue weighted by Crippen LogP contribution is -2.57. The summed E-state index contributed by atoms with van der Waals surface area (Å²) in [6, 6.07) is 3.15. The molecule has 1 aliphatic rings. The highest BCUT2D eigenvalue weighted by Gasteiger charge is 2.38. The second kappa shape index (κ2) is 8.45. The Bertz CT molecular complexity index is 729. The maximum atomic E-state index is 13.7. The van der Waals surface area contributed by atoms with Crippen LogP contribution in [0, 0.1) is 17.0 Å². The number of carbonyl (C=O) groups excluding carboxylic acids is 2. The monoisotopic (exact) mass is 396 g/mol. The van der Waals surface area contributed by atoms with Crippen LogP contribution in [-0.4, -0.2) is 41.6 Å². The number of halogens is 2. The average Bonchev–Trinajstić information content (AvgIpc) is 2.55. The molecule has 0 spiro atoms. The molecule has 2 amide bonds. The Morgan fingerprint density at radius 1 is 1.29 bits per heavy atom. The van der Waals surface area contributed by atoms with Gasteiger partial charge in [0.25, 0.3) is 0 Å². The van der Waals surface area contributed by atoms with E-state index in [-0.39, 0.29) is 35.8 Å². The van der Waals surface area contributed by atoms with Crippen LogP contribution < -0.4 is 5.32 Å². The van der Waals surface area contributed by atoms with Gasteiger partial charge in [0.2, 0.25) is 5.91 Å². The summed E-state index contributed by atoms with van der Waals surface area (Å²) in [7, 11) is 0. The molecule has 0 aromatic heterocycles. The second-order valence-electron chi connectivity index (χ2n) is 9.03. The zero-order chi connectivity index (χ0) is 21.1. The number of ether oxygens (including phenoxy) is 1. The predicted octanol–water partition coefficient (Wildman–Crippen LogP) is 4.05. The Hall–Kier alpha value is -2.18. The van der Waals surface area contributed by atoms with Crippen molar-refractivity contribution in [2.45, 2.75) is 65.5 Å². The number of nitrogens with one attached hydrogen (secondary N) is 1. The highest BCUT2D eigenvalue weighted by Crippen LogP contribution is 2.30. The number of piperidine rings is 1. The molecule has 0 saturated carbocycles. The van der Waals surface area contributed by atoms with E-state index in [1.165, 1.54) is 0 Å². The molecule has 1 fully saturated rings. The van der Waals surface area contributed by atoms with Gasteiger partial charge in [0.15, 0.2) is 0 Å². The quantitative estimate of drug-likeness (QED) is 0.835. The number of rotatable bonds is 4. The lowest BCUT2D eigenvalue weighted by Gasteiger charge is -2.44. The summed E-state index contributed by atoms with van der Waals surface area (Å²) < 4.78 is 32.3. The average molecular weight is 396 g/mol. The van der Waals surface area contributed by atoms with Gasteiger partial charge in [-0.3, -0.25) is 4.79 Å². The minimum atomic E-state index is -0.572. The van der Waals surface area contributed by atoms with Gasteiger partial charge in [-0.05, 0) is 57.4 Å². The van der Waals surface area contributed by atoms with E-state index in [2.05, 4.69) is 5.32 Å². The fourth-order valence-electron chi connectivity index (χ4n) is 3.42. The molecule has 0 unspecified atom stereocenters. The van der Waals surface area contributed by atoms with E-state index in [9.17, 15) is 18.4 Å². The van der Waals surface area contributed by atoms with Crippen molar-refractivity contribution < 1.29 is 23.1 Å². The molecule has 0 radical (unpaired) electrons. The number of carbonyl (C=O) groups is 2. The van der Waals surface area contributed by atoms with Gasteiger partial charge in [-0.15, -0.1) is 0 Å². The lowest BCUT2D eigenvalue weighted by atomic mass is 9.79. The van der Waals surface area contributed by atoms with E-state index >= 15 is 0 Å². The van der Waals surface area contributed by atoms with Crippen molar-refractivity contribution in [3.8, 4) is 0 Å². The fourth-order valence-corrected chi connectivity index (χ4v) is 3.42. The third kappa shape index (κ3) is 6.17. The number of benzene rings is 1. The van der Waals surface area contributed by atoms with Gasteiger partial charge in [0.05, 0.1) is 0 Å². The van der Waals surface area contributed by atoms with Crippen molar-refractivity contribution in [2.24, 2.45) is 5.41 Å². The number of hydrogen-bond donors (Lipinski definition) is 1. The van der Waals surface area contributed by atoms with Crippen LogP contribution >= 0.6 is 0 Å². The SMILES string of the molecule is CC(C)(C)OC(=O)N[C@@H]1CCN(C(=O)CCc2cc(F)ccc2F)CC1(C)C. The highest BCUT2D eigenvalue weighted by molar-refractivity contribution is 5.76. The van der Waals surface area contributed by atoms with Crippen LogP contribution in [0.2, 0.25) is 0 Å². The van der Waals surface area contributed by atoms with E-state index < -0.39 is 23.3 Å². The first-order valence-electron chi connectivity index (χ1n) is 9.58. The predicted molar refractivity (Wildman–Crippen MR) is 103 cm³/mol. The summed E-state index contributed by atoms with van der Waals surface area (Å²) in [5, 5.41) is 2.91. The summed E-state index contributed by atoms with van der Waals surface area (Å²) >= 11 is 0. The number of aryl methyl sites for hydroxylation is 1. The number of hydrogen-bond acceptors (Lipinski definition) is 3. The Kier molecular flexibility index (Phi) is 6.67. The maximum absolute atomic E-state index is 13.7. The third-order valence-electron chi connectivity index (χ3n) is 4.89. The van der Waals surface area contributed by atoms with Crippen molar-refractivity contribution >= 4 is 12.0 Å². The van der Waals surface area contributed by atoms with Gasteiger partial charge in [-0.2, -0.15) is 0 Å². The van der Waals surface area contributed by atoms with Crippen molar-refractivity contribution in [1.82, 2.24) is 10.2 Å². The number of likely N-dealkylation sites (tertiary alicyclic amines) is 1. The molecule has 0 aliphatic carbocycles. The molecule has 0 bridgehead atoms. The van der Waals surface area contributed by atoms with E-state index in [0.717, 1.165) is 18.2 Å². The number of nitrogens with zero attached hydrogens (tertiary/aromatic N) is 1. The Morgan fingerprint density at radius 3 is 2.57 bits per heavy atom. The molecular weight excluding hydrogens is 366 g/mol. The molecule has 7 heteroatoms. The molecule has 1 aromatic rings. The molecule has 1 aliphatic heterocycles. The number of alkyl carbamates (subject to hydrolysis) is 1. The van der Waals surface area contributed by atoms with Crippen molar-refractivity contribution in [3.05, 3.63) is 35.4 Å². The summed E-state index contributed by atoms with van der Waals surface area (Å²) in [5.41, 5.74) is -0.708. The molecule has 5 nitrogen and oxygen atoms in total. The van der Waals surface area contributed by atoms with Gasteiger partial charge in [-0.25, -0.2) is 13.6 Å². The second-order valence-corrected chi connectivity index (χ2v) is 9.03. The van der Waals surface area contributed by atoms with E-state index in [1.54, 1.807) is 25.7 Å². The van der Waals surface area contributed by atoms with Crippen LogP contribution in [0.1, 0.15) is 53.0 Å². The van der Waals surface area contributed by atoms with Gasteiger partial charge < -0.3 is 15.0 Å².